The first-order valence-corrected chi connectivity index (χ1v) is 14.7. The highest BCUT2D eigenvalue weighted by Crippen LogP contribution is 2.37. The van der Waals surface area contributed by atoms with Crippen LogP contribution in [-0.4, -0.2) is 54.2 Å². The molecule has 10 nitrogen and oxygen atoms in total. The molecule has 1 fully saturated rings. The van der Waals surface area contributed by atoms with Crippen LogP contribution in [0, 0.1) is 0 Å². The first kappa shape index (κ1) is 28.2. The quantitative estimate of drug-likeness (QED) is 0.207. The minimum Gasteiger partial charge on any atom is -0.347 e. The van der Waals surface area contributed by atoms with Gasteiger partial charge in [0.05, 0.1) is 12.2 Å². The summed E-state index contributed by atoms with van der Waals surface area (Å²) in [6, 6.07) is 13.1. The van der Waals surface area contributed by atoms with E-state index in [9.17, 15) is 0 Å². The third-order valence-corrected chi connectivity index (χ3v) is 8.12. The number of ether oxygens (including phenoxy) is 2. The summed E-state index contributed by atoms with van der Waals surface area (Å²) in [5.41, 5.74) is 4.53. The summed E-state index contributed by atoms with van der Waals surface area (Å²) < 4.78 is 15.9. The van der Waals surface area contributed by atoms with Crippen molar-refractivity contribution in [2.75, 3.05) is 14.2 Å². The predicted octanol–water partition coefficient (Wildman–Crippen LogP) is 5.93. The second-order valence-electron chi connectivity index (χ2n) is 10.7. The van der Waals surface area contributed by atoms with Gasteiger partial charge in [0.25, 0.3) is 0 Å². The summed E-state index contributed by atoms with van der Waals surface area (Å²) in [6.45, 7) is 4.93. The maximum absolute atomic E-state index is 5.82. The number of tetrazole rings is 1. The van der Waals surface area contributed by atoms with Crippen molar-refractivity contribution in [2.45, 2.75) is 96.3 Å². The summed E-state index contributed by atoms with van der Waals surface area (Å²) in [7, 11) is 3.33. The molecule has 0 radical (unpaired) electrons. The highest BCUT2D eigenvalue weighted by atomic mass is 16.7. The predicted molar refractivity (Wildman–Crippen MR) is 153 cm³/mol. The van der Waals surface area contributed by atoms with Crippen molar-refractivity contribution in [3.8, 4) is 17.2 Å². The Bertz CT molecular complexity index is 1330. The average molecular weight is 547 g/mol. The molecule has 0 spiro atoms. The van der Waals surface area contributed by atoms with E-state index in [-0.39, 0.29) is 0 Å². The number of nitrogens with zero attached hydrogens (tertiary/aromatic N) is 7. The van der Waals surface area contributed by atoms with Gasteiger partial charge in [0, 0.05) is 38.4 Å². The summed E-state index contributed by atoms with van der Waals surface area (Å²) in [5, 5.41) is 19.9. The van der Waals surface area contributed by atoms with E-state index in [1.165, 1.54) is 37.8 Å². The maximum atomic E-state index is 5.82. The van der Waals surface area contributed by atoms with E-state index in [4.69, 9.17) is 19.6 Å². The van der Waals surface area contributed by atoms with Gasteiger partial charge in [-0.25, -0.2) is 9.67 Å². The van der Waals surface area contributed by atoms with Gasteiger partial charge in [-0.1, -0.05) is 58.1 Å². The van der Waals surface area contributed by atoms with Crippen LogP contribution in [-0.2, 0) is 28.2 Å². The summed E-state index contributed by atoms with van der Waals surface area (Å²) in [5.74, 6) is 1.76. The van der Waals surface area contributed by atoms with Crippen LogP contribution in [0.1, 0.15) is 100 Å². The number of aromatic amines is 1. The molecule has 1 N–H and O–H groups in total. The lowest BCUT2D eigenvalue weighted by atomic mass is 9.87. The molecule has 10 heteroatoms. The van der Waals surface area contributed by atoms with E-state index in [1.807, 2.05) is 4.68 Å². The average Bonchev–Trinajstić information content (AvgIpc) is 3.76. The minimum absolute atomic E-state index is 0.536. The zero-order chi connectivity index (χ0) is 28.0. The Hall–Kier alpha value is -3.37. The molecule has 1 aliphatic rings. The fourth-order valence-corrected chi connectivity index (χ4v) is 5.92. The van der Waals surface area contributed by atoms with Crippen molar-refractivity contribution in [2.24, 2.45) is 0 Å². The first-order valence-electron chi connectivity index (χ1n) is 14.7. The molecule has 0 atom stereocenters. The fraction of sp³-hybridized carbons (Fsp3) is 0.567. The van der Waals surface area contributed by atoms with Crippen molar-refractivity contribution in [3.63, 3.8) is 0 Å². The number of unbranched alkanes of at least 4 members (excludes halogenated alkanes) is 1. The Labute approximate surface area is 236 Å². The molecule has 0 unspecified atom stereocenters. The normalized spacial score (nSPS) is 14.7. The number of aromatic nitrogens is 8. The van der Waals surface area contributed by atoms with Crippen molar-refractivity contribution >= 4 is 0 Å². The van der Waals surface area contributed by atoms with Gasteiger partial charge in [0.15, 0.2) is 0 Å². The van der Waals surface area contributed by atoms with Crippen molar-refractivity contribution in [3.05, 3.63) is 59.3 Å². The molecule has 3 heterocycles. The SMILES string of the molecule is CCCCc1nc(C(CCC)(OC)OC)nn1Cc1ccc(-n2c(-c3nn[nH]n3)ccc2C2CCCCC2)cc1. The Morgan fingerprint density at radius 1 is 0.975 bits per heavy atom. The number of H-pyrrole nitrogens is 1. The van der Waals surface area contributed by atoms with Crippen molar-refractivity contribution < 1.29 is 9.47 Å². The number of nitrogens with one attached hydrogen (secondary N) is 1. The minimum atomic E-state index is -0.930. The number of rotatable bonds is 13. The van der Waals surface area contributed by atoms with Gasteiger partial charge in [0.2, 0.25) is 17.4 Å². The second-order valence-corrected chi connectivity index (χ2v) is 10.7. The lowest BCUT2D eigenvalue weighted by Gasteiger charge is -2.27. The van der Waals surface area contributed by atoms with E-state index in [0.29, 0.717) is 30.5 Å². The number of benzene rings is 1. The van der Waals surface area contributed by atoms with Crippen molar-refractivity contribution in [1.82, 2.24) is 40.0 Å². The zero-order valence-electron chi connectivity index (χ0n) is 24.3. The molecule has 0 saturated heterocycles. The molecule has 214 valence electrons. The summed E-state index contributed by atoms with van der Waals surface area (Å²) >= 11 is 0. The van der Waals surface area contributed by atoms with Gasteiger partial charge in [-0.15, -0.1) is 15.3 Å². The summed E-state index contributed by atoms with van der Waals surface area (Å²) in [4.78, 5) is 4.91. The van der Waals surface area contributed by atoms with Crippen LogP contribution in [0.5, 0.6) is 0 Å². The largest absolute Gasteiger partial charge is 0.347 e. The summed E-state index contributed by atoms with van der Waals surface area (Å²) in [6.07, 6.45) is 10.9. The molecule has 3 aromatic heterocycles. The molecule has 1 aliphatic carbocycles. The smallest absolute Gasteiger partial charge is 0.231 e. The van der Waals surface area contributed by atoms with E-state index in [0.717, 1.165) is 48.5 Å². The Morgan fingerprint density at radius 3 is 2.40 bits per heavy atom. The van der Waals surface area contributed by atoms with Gasteiger partial charge < -0.3 is 14.0 Å². The first-order chi connectivity index (χ1) is 19.6. The van der Waals surface area contributed by atoms with Crippen LogP contribution in [0.4, 0.5) is 0 Å². The molecule has 1 saturated carbocycles. The van der Waals surface area contributed by atoms with Crippen LogP contribution in [0.3, 0.4) is 0 Å². The van der Waals surface area contributed by atoms with Crippen molar-refractivity contribution in [1.29, 1.82) is 0 Å². The molecule has 40 heavy (non-hydrogen) atoms. The van der Waals surface area contributed by atoms with Crippen LogP contribution in [0.15, 0.2) is 36.4 Å². The molecule has 0 aliphatic heterocycles. The van der Waals surface area contributed by atoms with Crippen LogP contribution in [0.25, 0.3) is 17.2 Å². The van der Waals surface area contributed by atoms with Gasteiger partial charge in [-0.2, -0.15) is 5.21 Å². The van der Waals surface area contributed by atoms with Crippen LogP contribution < -0.4 is 0 Å². The molecule has 4 aromatic rings. The van der Waals surface area contributed by atoms with Crippen LogP contribution >= 0.6 is 0 Å². The Kier molecular flexibility index (Phi) is 9.06. The van der Waals surface area contributed by atoms with Gasteiger partial charge in [-0.3, -0.25) is 0 Å². The fourth-order valence-electron chi connectivity index (χ4n) is 5.92. The van der Waals surface area contributed by atoms with Gasteiger partial charge >= 0.3 is 0 Å². The molecule has 0 bridgehead atoms. The molecule has 0 amide bonds. The van der Waals surface area contributed by atoms with Gasteiger partial charge in [-0.05, 0) is 60.2 Å². The topological polar surface area (TPSA) is 109 Å². The molecular weight excluding hydrogens is 504 g/mol. The standard InChI is InChI=1S/C30H42N8O2/c1-5-7-13-27-31-29(30(39-3,40-4)20-6-2)34-37(27)21-22-14-16-24(17-15-22)38-25(23-11-9-8-10-12-23)18-19-26(38)28-32-35-36-33-28/h14-19,23H,5-13,20-21H2,1-4H3,(H,32,33,35,36). The zero-order valence-corrected chi connectivity index (χ0v) is 24.3. The second kappa shape index (κ2) is 12.9. The number of hydrogen-bond donors (Lipinski definition) is 1. The molecule has 5 rings (SSSR count). The highest BCUT2D eigenvalue weighted by molar-refractivity contribution is 5.57. The third-order valence-electron chi connectivity index (χ3n) is 8.12. The van der Waals surface area contributed by atoms with E-state index in [1.54, 1.807) is 14.2 Å². The molecular formula is C30H42N8O2. The van der Waals surface area contributed by atoms with E-state index >= 15 is 0 Å². The number of methoxy groups -OCH3 is 2. The number of aryl methyl sites for hydroxylation is 1. The van der Waals surface area contributed by atoms with E-state index in [2.05, 4.69) is 75.4 Å². The Balaban J connectivity index is 1.46. The van der Waals surface area contributed by atoms with Crippen LogP contribution in [0.2, 0.25) is 0 Å². The highest BCUT2D eigenvalue weighted by Gasteiger charge is 2.36. The number of hydrogen-bond acceptors (Lipinski definition) is 7. The Morgan fingerprint density at radius 2 is 1.75 bits per heavy atom. The monoisotopic (exact) mass is 546 g/mol. The lowest BCUT2D eigenvalue weighted by molar-refractivity contribution is -0.225. The third kappa shape index (κ3) is 5.74. The molecule has 1 aromatic carbocycles. The van der Waals surface area contributed by atoms with Gasteiger partial charge in [0.1, 0.15) is 5.82 Å². The van der Waals surface area contributed by atoms with E-state index < -0.39 is 5.79 Å². The maximum Gasteiger partial charge on any atom is 0.231 e. The lowest BCUT2D eigenvalue weighted by Crippen LogP contribution is -2.32.